The highest BCUT2D eigenvalue weighted by Gasteiger charge is 2.42. The number of hydrogen-bond acceptors (Lipinski definition) is 6. The smallest absolute Gasteiger partial charge is 0.263 e. The monoisotopic (exact) mass is 294 g/mol. The van der Waals surface area contributed by atoms with Crippen LogP contribution in [0.15, 0.2) is 12.4 Å². The number of nitrogen functional groups attached to an aromatic ring is 1. The van der Waals surface area contributed by atoms with Gasteiger partial charge in [0.15, 0.2) is 0 Å². The molecule has 7 heteroatoms. The molecule has 0 aromatic carbocycles. The third-order valence-corrected chi connectivity index (χ3v) is 5.90. The molecule has 3 N–H and O–H groups in total. The van der Waals surface area contributed by atoms with Gasteiger partial charge in [-0.2, -0.15) is 11.8 Å². The average molecular weight is 294 g/mol. The highest BCUT2D eigenvalue weighted by atomic mass is 32.2. The Morgan fingerprint density at radius 2 is 2.26 bits per heavy atom. The molecule has 0 aliphatic heterocycles. The third-order valence-electron chi connectivity index (χ3n) is 3.38. The molecule has 19 heavy (non-hydrogen) atoms. The first-order chi connectivity index (χ1) is 9.15. The Bertz CT molecular complexity index is 636. The number of thioether (sulfide) groups is 1. The first kappa shape index (κ1) is 12.7. The van der Waals surface area contributed by atoms with Crippen molar-refractivity contribution in [3.8, 4) is 0 Å². The number of nitrogens with two attached hydrogens (primary N) is 1. The minimum absolute atomic E-state index is 0.123. The molecule has 2 heterocycles. The van der Waals surface area contributed by atoms with E-state index in [1.807, 2.05) is 11.8 Å². The van der Waals surface area contributed by atoms with Crippen molar-refractivity contribution in [1.29, 1.82) is 0 Å². The molecule has 1 amide bonds. The number of anilines is 1. The van der Waals surface area contributed by atoms with E-state index in [-0.39, 0.29) is 10.7 Å². The molecular formula is C12H14N4OS2. The molecule has 1 aliphatic rings. The van der Waals surface area contributed by atoms with Crippen LogP contribution in [0.3, 0.4) is 0 Å². The van der Waals surface area contributed by atoms with Crippen LogP contribution in [0.1, 0.15) is 22.5 Å². The normalized spacial score (nSPS) is 16.5. The van der Waals surface area contributed by atoms with E-state index in [0.29, 0.717) is 27.5 Å². The van der Waals surface area contributed by atoms with Crippen LogP contribution in [0.2, 0.25) is 0 Å². The first-order valence-corrected chi connectivity index (χ1v) is 8.02. The van der Waals surface area contributed by atoms with Crippen LogP contribution < -0.4 is 11.1 Å². The lowest BCUT2D eigenvalue weighted by atomic mass is 10.3. The lowest BCUT2D eigenvalue weighted by Crippen LogP contribution is -2.31. The number of rotatable bonds is 4. The lowest BCUT2D eigenvalue weighted by Gasteiger charge is -2.12. The summed E-state index contributed by atoms with van der Waals surface area (Å²) >= 11 is 3.11. The molecule has 0 radical (unpaired) electrons. The molecular weight excluding hydrogens is 280 g/mol. The summed E-state index contributed by atoms with van der Waals surface area (Å²) in [4.78, 5) is 21.7. The average Bonchev–Trinajstić information content (AvgIpc) is 3.15. The van der Waals surface area contributed by atoms with E-state index >= 15 is 0 Å². The van der Waals surface area contributed by atoms with E-state index in [0.717, 1.165) is 0 Å². The maximum Gasteiger partial charge on any atom is 0.263 e. The van der Waals surface area contributed by atoms with Gasteiger partial charge in [0.2, 0.25) is 0 Å². The second-order valence-corrected chi connectivity index (χ2v) is 6.90. The number of hydrogen-bond donors (Lipinski definition) is 2. The van der Waals surface area contributed by atoms with Crippen LogP contribution in [0.4, 0.5) is 5.69 Å². The van der Waals surface area contributed by atoms with E-state index < -0.39 is 0 Å². The molecule has 2 aromatic heterocycles. The van der Waals surface area contributed by atoms with Gasteiger partial charge in [-0.15, -0.1) is 11.3 Å². The van der Waals surface area contributed by atoms with Crippen LogP contribution in [0, 0.1) is 0 Å². The fourth-order valence-electron chi connectivity index (χ4n) is 1.93. The van der Waals surface area contributed by atoms with E-state index in [1.165, 1.54) is 24.2 Å². The van der Waals surface area contributed by atoms with E-state index in [9.17, 15) is 4.79 Å². The largest absolute Gasteiger partial charge is 0.396 e. The second kappa shape index (κ2) is 4.64. The standard InChI is InChI=1S/C12H14N4OS2/c1-18-12(2-3-12)6-16-10(17)9-7(13)8-11(19-9)15-5-4-14-8/h4-5H,2-3,6,13H2,1H3,(H,16,17). The van der Waals surface area contributed by atoms with Crippen molar-refractivity contribution in [3.63, 3.8) is 0 Å². The number of fused-ring (bicyclic) bond motifs is 1. The van der Waals surface area contributed by atoms with Crippen molar-refractivity contribution in [1.82, 2.24) is 15.3 Å². The van der Waals surface area contributed by atoms with Crippen molar-refractivity contribution in [3.05, 3.63) is 17.3 Å². The zero-order chi connectivity index (χ0) is 13.5. The summed E-state index contributed by atoms with van der Waals surface area (Å²) in [7, 11) is 0. The Balaban J connectivity index is 1.80. The van der Waals surface area contributed by atoms with E-state index in [4.69, 9.17) is 5.73 Å². The Morgan fingerprint density at radius 1 is 1.53 bits per heavy atom. The van der Waals surface area contributed by atoms with Gasteiger partial charge in [-0.3, -0.25) is 4.79 Å². The summed E-state index contributed by atoms with van der Waals surface area (Å²) in [5.74, 6) is -0.123. The summed E-state index contributed by atoms with van der Waals surface area (Å²) in [5.41, 5.74) is 7.01. The number of carbonyl (C=O) groups excluding carboxylic acids is 1. The molecule has 1 fully saturated rings. The molecule has 1 saturated carbocycles. The second-order valence-electron chi connectivity index (χ2n) is 4.62. The van der Waals surface area contributed by atoms with Crippen LogP contribution in [0.25, 0.3) is 10.3 Å². The van der Waals surface area contributed by atoms with Crippen LogP contribution in [-0.2, 0) is 0 Å². The highest BCUT2D eigenvalue weighted by molar-refractivity contribution is 8.00. The third kappa shape index (κ3) is 2.28. The number of thiophene rings is 1. The Kier molecular flexibility index (Phi) is 3.10. The van der Waals surface area contributed by atoms with Gasteiger partial charge in [-0.05, 0) is 19.1 Å². The van der Waals surface area contributed by atoms with Crippen LogP contribution in [0.5, 0.6) is 0 Å². The molecule has 5 nitrogen and oxygen atoms in total. The Morgan fingerprint density at radius 3 is 2.89 bits per heavy atom. The number of nitrogens with zero attached hydrogens (tertiary/aromatic N) is 2. The summed E-state index contributed by atoms with van der Waals surface area (Å²) in [6.45, 7) is 0.696. The molecule has 100 valence electrons. The summed E-state index contributed by atoms with van der Waals surface area (Å²) in [6, 6.07) is 0. The quantitative estimate of drug-likeness (QED) is 0.900. The number of carbonyl (C=O) groups is 1. The molecule has 0 unspecified atom stereocenters. The zero-order valence-electron chi connectivity index (χ0n) is 10.5. The van der Waals surface area contributed by atoms with Gasteiger partial charge in [0.1, 0.15) is 15.2 Å². The van der Waals surface area contributed by atoms with Gasteiger partial charge < -0.3 is 11.1 Å². The topological polar surface area (TPSA) is 80.9 Å². The minimum Gasteiger partial charge on any atom is -0.396 e. The number of amides is 1. The maximum absolute atomic E-state index is 12.2. The predicted octanol–water partition coefficient (Wildman–Crippen LogP) is 1.90. The molecule has 0 saturated heterocycles. The van der Waals surface area contributed by atoms with Gasteiger partial charge in [-0.1, -0.05) is 0 Å². The van der Waals surface area contributed by atoms with Gasteiger partial charge >= 0.3 is 0 Å². The van der Waals surface area contributed by atoms with Gasteiger partial charge in [0.05, 0.1) is 5.69 Å². The summed E-state index contributed by atoms with van der Waals surface area (Å²) < 4.78 is 0.248. The first-order valence-electron chi connectivity index (χ1n) is 5.97. The molecule has 0 atom stereocenters. The number of aromatic nitrogens is 2. The molecule has 1 aliphatic carbocycles. The van der Waals surface area contributed by atoms with E-state index in [2.05, 4.69) is 21.5 Å². The van der Waals surface area contributed by atoms with Crippen molar-refractivity contribution < 1.29 is 4.79 Å². The van der Waals surface area contributed by atoms with Crippen molar-refractivity contribution in [2.24, 2.45) is 0 Å². The van der Waals surface area contributed by atoms with Gasteiger partial charge in [0.25, 0.3) is 5.91 Å². The lowest BCUT2D eigenvalue weighted by molar-refractivity contribution is 0.0958. The summed E-state index contributed by atoms with van der Waals surface area (Å²) in [6.07, 6.45) is 7.60. The van der Waals surface area contributed by atoms with Crippen LogP contribution in [-0.4, -0.2) is 33.4 Å². The SMILES string of the molecule is CSC1(CNC(=O)c2sc3nccnc3c2N)CC1. The Labute approximate surface area is 119 Å². The Hall–Kier alpha value is -1.34. The van der Waals surface area contributed by atoms with Crippen molar-refractivity contribution >= 4 is 45.0 Å². The molecule has 0 bridgehead atoms. The fraction of sp³-hybridized carbons (Fsp3) is 0.417. The molecule has 3 rings (SSSR count). The van der Waals surface area contributed by atoms with Crippen LogP contribution >= 0.6 is 23.1 Å². The zero-order valence-corrected chi connectivity index (χ0v) is 12.1. The fourth-order valence-corrected chi connectivity index (χ4v) is 3.59. The van der Waals surface area contributed by atoms with Crippen molar-refractivity contribution in [2.45, 2.75) is 17.6 Å². The van der Waals surface area contributed by atoms with Crippen molar-refractivity contribution in [2.75, 3.05) is 18.5 Å². The van der Waals surface area contributed by atoms with E-state index in [1.54, 1.807) is 12.4 Å². The number of nitrogens with one attached hydrogen (secondary N) is 1. The molecule has 2 aromatic rings. The van der Waals surface area contributed by atoms with Gasteiger partial charge in [-0.25, -0.2) is 9.97 Å². The minimum atomic E-state index is -0.123. The molecule has 0 spiro atoms. The summed E-state index contributed by atoms with van der Waals surface area (Å²) in [5, 5.41) is 2.97. The maximum atomic E-state index is 12.2. The predicted molar refractivity (Wildman–Crippen MR) is 79.6 cm³/mol. The van der Waals surface area contributed by atoms with Gasteiger partial charge in [0, 0.05) is 23.7 Å². The highest BCUT2D eigenvalue weighted by Crippen LogP contribution is 2.46.